The Hall–Kier alpha value is -0.750. The maximum absolute atomic E-state index is 10.8. The molecule has 0 aromatic heterocycles. The van der Waals surface area contributed by atoms with Gasteiger partial charge < -0.3 is 4.74 Å². The van der Waals surface area contributed by atoms with Crippen LogP contribution in [0.1, 0.15) is 6.42 Å². The fraction of sp³-hybridized carbons (Fsp3) is 0.667. The first kappa shape index (κ1) is 7.36. The quantitative estimate of drug-likeness (QED) is 0.418. The van der Waals surface area contributed by atoms with Gasteiger partial charge in [0.1, 0.15) is 0 Å². The number of nitriles is 1. The minimum Gasteiger partial charge on any atom is -0.468 e. The number of esters is 1. The van der Waals surface area contributed by atoms with Gasteiger partial charge in [0.25, 0.3) is 0 Å². The van der Waals surface area contributed by atoms with E-state index in [1.165, 1.54) is 7.11 Å². The molecule has 0 heterocycles. The predicted octanol–water partition coefficient (Wildman–Crippen LogP) is 0.680. The molecular weight excluding hydrogens is 154 g/mol. The van der Waals surface area contributed by atoms with Gasteiger partial charge in [-0.3, -0.25) is 4.79 Å². The minimum atomic E-state index is -1.02. The second-order valence-corrected chi connectivity index (χ2v) is 2.91. The average molecular weight is 160 g/mol. The first-order valence-electron chi connectivity index (χ1n) is 2.82. The standard InChI is InChI=1S/C6H6ClNO2/c1-10-5(9)6(7)2-4(6)3-8/h4H,2H2,1H3/t4-,6-/m0/s1. The van der Waals surface area contributed by atoms with Gasteiger partial charge in [0, 0.05) is 0 Å². The SMILES string of the molecule is COC(=O)[C@]1(Cl)C[C@H]1C#N. The summed E-state index contributed by atoms with van der Waals surface area (Å²) < 4.78 is 4.39. The Bertz CT molecular complexity index is 210. The first-order valence-corrected chi connectivity index (χ1v) is 3.20. The number of alkyl halides is 1. The van der Waals surface area contributed by atoms with Gasteiger partial charge in [-0.25, -0.2) is 0 Å². The van der Waals surface area contributed by atoms with Gasteiger partial charge in [-0.1, -0.05) is 0 Å². The molecule has 0 aliphatic heterocycles. The molecule has 3 nitrogen and oxygen atoms in total. The lowest BCUT2D eigenvalue weighted by Crippen LogP contribution is -2.19. The minimum absolute atomic E-state index is 0.360. The van der Waals surface area contributed by atoms with Crippen LogP contribution in [0.4, 0.5) is 0 Å². The normalized spacial score (nSPS) is 36.3. The molecule has 0 N–H and O–H groups in total. The Morgan fingerprint density at radius 3 is 2.90 bits per heavy atom. The number of nitrogens with zero attached hydrogens (tertiary/aromatic N) is 1. The lowest BCUT2D eigenvalue weighted by Gasteiger charge is -2.01. The molecule has 54 valence electrons. The summed E-state index contributed by atoms with van der Waals surface area (Å²) in [5.74, 6) is -0.859. The van der Waals surface area contributed by atoms with Crippen molar-refractivity contribution < 1.29 is 9.53 Å². The zero-order valence-corrected chi connectivity index (χ0v) is 6.18. The van der Waals surface area contributed by atoms with E-state index in [0.717, 1.165) is 0 Å². The predicted molar refractivity (Wildman–Crippen MR) is 34.3 cm³/mol. The number of carbonyl (C=O) groups is 1. The van der Waals surface area contributed by atoms with E-state index in [4.69, 9.17) is 16.9 Å². The number of carbonyl (C=O) groups excluding carboxylic acids is 1. The zero-order chi connectivity index (χ0) is 7.78. The van der Waals surface area contributed by atoms with Gasteiger partial charge in [0.2, 0.25) is 0 Å². The third-order valence-corrected chi connectivity index (χ3v) is 2.15. The summed E-state index contributed by atoms with van der Waals surface area (Å²) in [6.45, 7) is 0. The molecule has 0 bridgehead atoms. The van der Waals surface area contributed by atoms with Crippen LogP contribution in [0.15, 0.2) is 0 Å². The van der Waals surface area contributed by atoms with E-state index < -0.39 is 10.8 Å². The second-order valence-electron chi connectivity index (χ2n) is 2.24. The van der Waals surface area contributed by atoms with Crippen LogP contribution in [0.25, 0.3) is 0 Å². The van der Waals surface area contributed by atoms with Crippen LogP contribution in [0.2, 0.25) is 0 Å². The monoisotopic (exact) mass is 159 g/mol. The van der Waals surface area contributed by atoms with Crippen molar-refractivity contribution in [3.8, 4) is 6.07 Å². The lowest BCUT2D eigenvalue weighted by molar-refractivity contribution is -0.141. The van der Waals surface area contributed by atoms with Crippen LogP contribution in [0.3, 0.4) is 0 Å². The maximum Gasteiger partial charge on any atom is 0.328 e. The van der Waals surface area contributed by atoms with Crippen LogP contribution >= 0.6 is 11.6 Å². The molecule has 0 aromatic rings. The van der Waals surface area contributed by atoms with Gasteiger partial charge in [0.15, 0.2) is 4.87 Å². The van der Waals surface area contributed by atoms with Crippen molar-refractivity contribution in [1.82, 2.24) is 0 Å². The van der Waals surface area contributed by atoms with Gasteiger partial charge in [-0.15, -0.1) is 11.6 Å². The molecule has 0 aromatic carbocycles. The van der Waals surface area contributed by atoms with E-state index in [0.29, 0.717) is 6.42 Å². The third-order valence-electron chi connectivity index (χ3n) is 1.57. The molecule has 0 saturated heterocycles. The number of rotatable bonds is 1. The van der Waals surface area contributed by atoms with Crippen molar-refractivity contribution in [3.63, 3.8) is 0 Å². The average Bonchev–Trinajstić information content (AvgIpc) is 2.61. The number of halogens is 1. The highest BCUT2D eigenvalue weighted by atomic mass is 35.5. The van der Waals surface area contributed by atoms with E-state index in [-0.39, 0.29) is 5.92 Å². The largest absolute Gasteiger partial charge is 0.468 e. The molecule has 1 fully saturated rings. The first-order chi connectivity index (χ1) is 4.65. The number of hydrogen-bond acceptors (Lipinski definition) is 3. The molecule has 0 unspecified atom stereocenters. The Morgan fingerprint density at radius 1 is 2.00 bits per heavy atom. The molecule has 1 rings (SSSR count). The van der Waals surface area contributed by atoms with E-state index in [1.54, 1.807) is 0 Å². The summed E-state index contributed by atoms with van der Waals surface area (Å²) in [4.78, 5) is 9.74. The molecular formula is C6H6ClNO2. The van der Waals surface area contributed by atoms with Gasteiger partial charge in [-0.05, 0) is 6.42 Å². The van der Waals surface area contributed by atoms with Gasteiger partial charge in [-0.2, -0.15) is 5.26 Å². The topological polar surface area (TPSA) is 50.1 Å². The molecule has 1 saturated carbocycles. The van der Waals surface area contributed by atoms with Crippen molar-refractivity contribution in [1.29, 1.82) is 5.26 Å². The van der Waals surface area contributed by atoms with Gasteiger partial charge in [0.05, 0.1) is 19.1 Å². The summed E-state index contributed by atoms with van der Waals surface area (Å²) in [5, 5.41) is 8.34. The molecule has 10 heavy (non-hydrogen) atoms. The van der Waals surface area contributed by atoms with Crippen LogP contribution in [0.5, 0.6) is 0 Å². The Labute approximate surface area is 63.5 Å². The molecule has 1 aliphatic rings. The number of methoxy groups -OCH3 is 1. The van der Waals surface area contributed by atoms with Crippen molar-refractivity contribution >= 4 is 17.6 Å². The van der Waals surface area contributed by atoms with Crippen molar-refractivity contribution in [2.45, 2.75) is 11.3 Å². The van der Waals surface area contributed by atoms with E-state index in [1.807, 2.05) is 6.07 Å². The second kappa shape index (κ2) is 2.14. The summed E-state index contributed by atoms with van der Waals surface area (Å²) in [6.07, 6.45) is 0.414. The fourth-order valence-electron chi connectivity index (χ4n) is 0.781. The molecule has 1 aliphatic carbocycles. The molecule has 2 atom stereocenters. The maximum atomic E-state index is 10.8. The van der Waals surface area contributed by atoms with Crippen molar-refractivity contribution in [3.05, 3.63) is 0 Å². The van der Waals surface area contributed by atoms with E-state index in [9.17, 15) is 4.79 Å². The number of hydrogen-bond donors (Lipinski definition) is 0. The van der Waals surface area contributed by atoms with Crippen molar-refractivity contribution in [2.75, 3.05) is 7.11 Å². The Morgan fingerprint density at radius 2 is 2.60 bits per heavy atom. The highest BCUT2D eigenvalue weighted by Crippen LogP contribution is 2.49. The molecule has 0 amide bonds. The molecule has 4 heteroatoms. The smallest absolute Gasteiger partial charge is 0.328 e. The molecule has 0 radical (unpaired) electrons. The fourth-order valence-corrected chi connectivity index (χ4v) is 1.06. The highest BCUT2D eigenvalue weighted by Gasteiger charge is 2.60. The number of ether oxygens (including phenoxy) is 1. The van der Waals surface area contributed by atoms with Gasteiger partial charge >= 0.3 is 5.97 Å². The van der Waals surface area contributed by atoms with Crippen molar-refractivity contribution in [2.24, 2.45) is 5.92 Å². The summed E-state index contributed by atoms with van der Waals surface area (Å²) in [7, 11) is 1.26. The van der Waals surface area contributed by atoms with Crippen LogP contribution in [-0.2, 0) is 9.53 Å². The highest BCUT2D eigenvalue weighted by molar-refractivity contribution is 6.37. The van der Waals surface area contributed by atoms with Crippen LogP contribution in [-0.4, -0.2) is 18.0 Å². The van der Waals surface area contributed by atoms with E-state index >= 15 is 0 Å². The summed E-state index contributed by atoms with van der Waals surface area (Å²) in [5.41, 5.74) is 0. The summed E-state index contributed by atoms with van der Waals surface area (Å²) >= 11 is 5.66. The van der Waals surface area contributed by atoms with E-state index in [2.05, 4.69) is 4.74 Å². The van der Waals surface area contributed by atoms with Crippen LogP contribution < -0.4 is 0 Å². The Balaban J connectivity index is 2.60. The van der Waals surface area contributed by atoms with Crippen LogP contribution in [0, 0.1) is 17.2 Å². The lowest BCUT2D eigenvalue weighted by atomic mass is 10.3. The third kappa shape index (κ3) is 0.850. The zero-order valence-electron chi connectivity index (χ0n) is 5.43. The summed E-state index contributed by atoms with van der Waals surface area (Å²) in [6, 6.07) is 1.91. The molecule has 0 spiro atoms. The Kier molecular flexibility index (Phi) is 1.57.